The second-order valence-corrected chi connectivity index (χ2v) is 6.22. The van der Waals surface area contributed by atoms with E-state index in [4.69, 9.17) is 21.4 Å². The van der Waals surface area contributed by atoms with Gasteiger partial charge in [0.05, 0.1) is 0 Å². The summed E-state index contributed by atoms with van der Waals surface area (Å²) in [5.41, 5.74) is 4.48. The lowest BCUT2D eigenvalue weighted by Crippen LogP contribution is -2.41. The molecule has 0 heterocycles. The fourth-order valence-electron chi connectivity index (χ4n) is 3.15. The van der Waals surface area contributed by atoms with Crippen molar-refractivity contribution in [3.8, 4) is 11.1 Å². The minimum absolute atomic E-state index is 0.0607. The molecule has 0 fully saturated rings. The number of nitrogens with one attached hydrogen (secondary N) is 1. The summed E-state index contributed by atoms with van der Waals surface area (Å²) in [7, 11) is 0. The lowest BCUT2D eigenvalue weighted by molar-refractivity contribution is -0.139. The SMILES string of the molecule is O=C(N[C@@H](CCCl)C(=O)O)OCC1c2ccccc2-c2ccccc21. The third-order valence-electron chi connectivity index (χ3n) is 4.33. The molecule has 0 radical (unpaired) electrons. The van der Waals surface area contributed by atoms with Crippen LogP contribution in [0.15, 0.2) is 48.5 Å². The number of aliphatic carboxylic acids is 1. The molecular formula is C19H18ClNO4. The molecule has 0 bridgehead atoms. The summed E-state index contributed by atoms with van der Waals surface area (Å²) in [5, 5.41) is 11.4. The second kappa shape index (κ2) is 7.57. The Kier molecular flexibility index (Phi) is 5.24. The number of hydrogen-bond acceptors (Lipinski definition) is 3. The van der Waals surface area contributed by atoms with Crippen molar-refractivity contribution in [3.05, 3.63) is 59.7 Å². The van der Waals surface area contributed by atoms with E-state index < -0.39 is 18.1 Å². The van der Waals surface area contributed by atoms with Crippen LogP contribution < -0.4 is 5.32 Å². The van der Waals surface area contributed by atoms with Crippen LogP contribution in [0.3, 0.4) is 0 Å². The van der Waals surface area contributed by atoms with Gasteiger partial charge in [0.1, 0.15) is 12.6 Å². The van der Waals surface area contributed by atoms with Crippen molar-refractivity contribution in [2.45, 2.75) is 18.4 Å². The van der Waals surface area contributed by atoms with Gasteiger partial charge in [0.2, 0.25) is 0 Å². The first-order chi connectivity index (χ1) is 12.1. The number of ether oxygens (including phenoxy) is 1. The third-order valence-corrected chi connectivity index (χ3v) is 4.55. The predicted octanol–water partition coefficient (Wildman–Crippen LogP) is 3.61. The van der Waals surface area contributed by atoms with Crippen LogP contribution in [0.2, 0.25) is 0 Å². The number of alkyl carbamates (subject to hydrolysis) is 1. The molecule has 2 aromatic carbocycles. The van der Waals surface area contributed by atoms with Crippen LogP contribution in [0.25, 0.3) is 11.1 Å². The van der Waals surface area contributed by atoms with E-state index in [1.165, 1.54) is 0 Å². The topological polar surface area (TPSA) is 75.6 Å². The lowest BCUT2D eigenvalue weighted by atomic mass is 9.98. The molecule has 6 heteroatoms. The molecule has 1 aliphatic rings. The highest BCUT2D eigenvalue weighted by atomic mass is 35.5. The van der Waals surface area contributed by atoms with Crippen molar-refractivity contribution < 1.29 is 19.4 Å². The monoisotopic (exact) mass is 359 g/mol. The van der Waals surface area contributed by atoms with Gasteiger partial charge in [0.15, 0.2) is 0 Å². The highest BCUT2D eigenvalue weighted by Gasteiger charge is 2.29. The van der Waals surface area contributed by atoms with Crippen molar-refractivity contribution in [2.75, 3.05) is 12.5 Å². The van der Waals surface area contributed by atoms with E-state index in [2.05, 4.69) is 17.4 Å². The smallest absolute Gasteiger partial charge is 0.407 e. The molecule has 2 aromatic rings. The van der Waals surface area contributed by atoms with E-state index in [0.29, 0.717) is 0 Å². The van der Waals surface area contributed by atoms with E-state index in [1.54, 1.807) is 0 Å². The Morgan fingerprint density at radius 2 is 1.64 bits per heavy atom. The van der Waals surface area contributed by atoms with Crippen molar-refractivity contribution >= 4 is 23.7 Å². The maximum absolute atomic E-state index is 12.0. The zero-order chi connectivity index (χ0) is 17.8. The van der Waals surface area contributed by atoms with Gasteiger partial charge in [-0.15, -0.1) is 11.6 Å². The number of rotatable bonds is 6. The van der Waals surface area contributed by atoms with Crippen LogP contribution in [-0.2, 0) is 9.53 Å². The van der Waals surface area contributed by atoms with E-state index >= 15 is 0 Å². The minimum Gasteiger partial charge on any atom is -0.480 e. The van der Waals surface area contributed by atoms with Gasteiger partial charge in [-0.05, 0) is 28.7 Å². The van der Waals surface area contributed by atoms with Crippen LogP contribution >= 0.6 is 11.6 Å². The van der Waals surface area contributed by atoms with Gasteiger partial charge in [-0.2, -0.15) is 0 Å². The Morgan fingerprint density at radius 1 is 1.08 bits per heavy atom. The molecule has 0 aromatic heterocycles. The van der Waals surface area contributed by atoms with Crippen molar-refractivity contribution in [3.63, 3.8) is 0 Å². The van der Waals surface area contributed by atoms with Crippen LogP contribution in [0, 0.1) is 0 Å². The normalized spacial score (nSPS) is 13.6. The fourth-order valence-corrected chi connectivity index (χ4v) is 3.37. The molecule has 0 unspecified atom stereocenters. The molecule has 0 saturated carbocycles. The van der Waals surface area contributed by atoms with E-state index in [0.717, 1.165) is 22.3 Å². The number of carbonyl (C=O) groups excluding carboxylic acids is 1. The molecule has 5 nitrogen and oxygen atoms in total. The number of alkyl halides is 1. The summed E-state index contributed by atoms with van der Waals surface area (Å²) < 4.78 is 5.31. The maximum atomic E-state index is 12.0. The Morgan fingerprint density at radius 3 is 2.16 bits per heavy atom. The number of fused-ring (bicyclic) bond motifs is 3. The third kappa shape index (κ3) is 3.61. The van der Waals surface area contributed by atoms with Gasteiger partial charge in [0.25, 0.3) is 0 Å². The lowest BCUT2D eigenvalue weighted by Gasteiger charge is -2.17. The van der Waals surface area contributed by atoms with Gasteiger partial charge in [0, 0.05) is 11.8 Å². The highest BCUT2D eigenvalue weighted by molar-refractivity contribution is 6.18. The Balaban J connectivity index is 1.71. The van der Waals surface area contributed by atoms with E-state index in [9.17, 15) is 9.59 Å². The molecule has 130 valence electrons. The fraction of sp³-hybridized carbons (Fsp3) is 0.263. The Bertz CT molecular complexity index is 747. The maximum Gasteiger partial charge on any atom is 0.407 e. The number of benzene rings is 2. The number of carboxylic acid groups (broad SMARTS) is 1. The van der Waals surface area contributed by atoms with Gasteiger partial charge < -0.3 is 15.2 Å². The van der Waals surface area contributed by atoms with Crippen LogP contribution in [-0.4, -0.2) is 35.7 Å². The van der Waals surface area contributed by atoms with Gasteiger partial charge in [-0.25, -0.2) is 9.59 Å². The molecule has 25 heavy (non-hydrogen) atoms. The quantitative estimate of drug-likeness (QED) is 0.772. The van der Waals surface area contributed by atoms with Gasteiger partial charge in [-0.3, -0.25) is 0 Å². The molecule has 1 atom stereocenters. The van der Waals surface area contributed by atoms with Crippen molar-refractivity contribution in [1.82, 2.24) is 5.32 Å². The first-order valence-corrected chi connectivity index (χ1v) is 8.55. The standard InChI is InChI=1S/C19H18ClNO4/c20-10-9-17(18(22)23)21-19(24)25-11-16-14-7-3-1-5-12(14)13-6-2-4-8-15(13)16/h1-8,16-17H,9-11H2,(H,21,24)(H,22,23)/t17-/m0/s1. The molecule has 1 amide bonds. The number of hydrogen-bond donors (Lipinski definition) is 2. The average molecular weight is 360 g/mol. The van der Waals surface area contributed by atoms with Crippen molar-refractivity contribution in [2.24, 2.45) is 0 Å². The summed E-state index contributed by atoms with van der Waals surface area (Å²) in [5.74, 6) is -1.05. The van der Waals surface area contributed by atoms with E-state index in [-0.39, 0.29) is 24.8 Å². The number of amides is 1. The summed E-state index contributed by atoms with van der Waals surface area (Å²) in [4.78, 5) is 23.1. The summed E-state index contributed by atoms with van der Waals surface area (Å²) in [6, 6.07) is 15.0. The molecule has 3 rings (SSSR count). The Hall–Kier alpha value is -2.53. The summed E-state index contributed by atoms with van der Waals surface area (Å²) in [6.45, 7) is 0.146. The summed E-state index contributed by atoms with van der Waals surface area (Å²) in [6.07, 6.45) is -0.611. The van der Waals surface area contributed by atoms with Gasteiger partial charge in [-0.1, -0.05) is 48.5 Å². The van der Waals surface area contributed by atoms with Crippen LogP contribution in [0.1, 0.15) is 23.5 Å². The van der Waals surface area contributed by atoms with Gasteiger partial charge >= 0.3 is 12.1 Å². The van der Waals surface area contributed by atoms with Crippen molar-refractivity contribution in [1.29, 1.82) is 0 Å². The first-order valence-electron chi connectivity index (χ1n) is 8.02. The summed E-state index contributed by atoms with van der Waals surface area (Å²) >= 11 is 5.56. The Labute approximate surface area is 150 Å². The highest BCUT2D eigenvalue weighted by Crippen LogP contribution is 2.44. The molecule has 0 spiro atoms. The number of carboxylic acids is 1. The first kappa shape index (κ1) is 17.3. The average Bonchev–Trinajstić information content (AvgIpc) is 2.93. The largest absolute Gasteiger partial charge is 0.480 e. The minimum atomic E-state index is -1.13. The molecule has 0 saturated heterocycles. The number of halogens is 1. The molecular weight excluding hydrogens is 342 g/mol. The molecule has 1 aliphatic carbocycles. The predicted molar refractivity (Wildman–Crippen MR) is 95.0 cm³/mol. The van der Waals surface area contributed by atoms with Crippen LogP contribution in [0.5, 0.6) is 0 Å². The zero-order valence-corrected chi connectivity index (χ0v) is 14.2. The van der Waals surface area contributed by atoms with E-state index in [1.807, 2.05) is 36.4 Å². The number of carbonyl (C=O) groups is 2. The zero-order valence-electron chi connectivity index (χ0n) is 13.4. The molecule has 2 N–H and O–H groups in total. The second-order valence-electron chi connectivity index (χ2n) is 5.84. The van der Waals surface area contributed by atoms with Crippen LogP contribution in [0.4, 0.5) is 4.79 Å². The molecule has 0 aliphatic heterocycles.